The van der Waals surface area contributed by atoms with Crippen molar-refractivity contribution < 1.29 is 0 Å². The van der Waals surface area contributed by atoms with Crippen molar-refractivity contribution in [3.8, 4) is 33.1 Å². The maximum atomic E-state index is 4.86. The number of hydrogen-bond acceptors (Lipinski definition) is 3. The van der Waals surface area contributed by atoms with Gasteiger partial charge in [-0.3, -0.25) is 0 Å². The summed E-state index contributed by atoms with van der Waals surface area (Å²) < 4.78 is 4.66. The molecule has 5 aromatic carbocycles. The zero-order chi connectivity index (χ0) is 20.6. The second kappa shape index (κ2) is 7.46. The molecule has 0 spiro atoms. The van der Waals surface area contributed by atoms with Crippen molar-refractivity contribution in [2.75, 3.05) is 0 Å². The topological polar surface area (TPSA) is 25.8 Å². The van der Waals surface area contributed by atoms with Crippen LogP contribution in [-0.2, 0) is 0 Å². The van der Waals surface area contributed by atoms with E-state index in [1.807, 2.05) is 6.07 Å². The summed E-state index contributed by atoms with van der Waals surface area (Å²) in [6.07, 6.45) is 0. The van der Waals surface area contributed by atoms with Crippen molar-refractivity contribution in [2.45, 2.75) is 0 Å². The molecule has 6 aromatic rings. The minimum Gasteiger partial charge on any atom is -0.215 e. The summed E-state index contributed by atoms with van der Waals surface area (Å²) in [5.74, 6) is 0.778. The van der Waals surface area contributed by atoms with Crippen LogP contribution in [-0.4, -0.2) is 9.36 Å². The number of nitrogens with zero attached hydrogens (tertiary/aromatic N) is 2. The van der Waals surface area contributed by atoms with Gasteiger partial charge in [-0.15, -0.1) is 0 Å². The second-order valence-corrected chi connectivity index (χ2v) is 8.38. The molecule has 0 fully saturated rings. The quantitative estimate of drug-likeness (QED) is 0.276. The van der Waals surface area contributed by atoms with Crippen LogP contribution in [0.3, 0.4) is 0 Å². The third-order valence-electron chi connectivity index (χ3n) is 5.61. The van der Waals surface area contributed by atoms with E-state index in [4.69, 9.17) is 4.98 Å². The minimum absolute atomic E-state index is 0.778. The molecule has 0 atom stereocenters. The van der Waals surface area contributed by atoms with Crippen LogP contribution in [0.15, 0.2) is 109 Å². The van der Waals surface area contributed by atoms with Gasteiger partial charge < -0.3 is 0 Å². The molecule has 0 aliphatic carbocycles. The van der Waals surface area contributed by atoms with E-state index in [0.717, 1.165) is 22.0 Å². The van der Waals surface area contributed by atoms with Crippen LogP contribution < -0.4 is 0 Å². The third kappa shape index (κ3) is 3.39. The number of benzene rings is 5. The first-order valence-electron chi connectivity index (χ1n) is 10.3. The molecule has 1 aromatic heterocycles. The van der Waals surface area contributed by atoms with E-state index in [0.29, 0.717) is 0 Å². The molecule has 0 radical (unpaired) electrons. The fraction of sp³-hybridized carbons (Fsp3) is 0. The molecule has 31 heavy (non-hydrogen) atoms. The Labute approximate surface area is 184 Å². The largest absolute Gasteiger partial charge is 0.215 e. The maximum absolute atomic E-state index is 4.86. The van der Waals surface area contributed by atoms with E-state index in [1.54, 1.807) is 0 Å². The number of fused-ring (bicyclic) bond motifs is 2. The van der Waals surface area contributed by atoms with Crippen LogP contribution >= 0.6 is 11.5 Å². The van der Waals surface area contributed by atoms with E-state index in [1.165, 1.54) is 44.2 Å². The Bertz CT molecular complexity index is 1530. The van der Waals surface area contributed by atoms with E-state index in [-0.39, 0.29) is 0 Å². The molecular weight excluding hydrogens is 396 g/mol. The molecule has 1 heterocycles. The summed E-state index contributed by atoms with van der Waals surface area (Å²) in [5, 5.41) is 5.88. The molecule has 3 heteroatoms. The average molecular weight is 415 g/mol. The Morgan fingerprint density at radius 1 is 0.452 bits per heavy atom. The van der Waals surface area contributed by atoms with Gasteiger partial charge in [0, 0.05) is 11.1 Å². The Morgan fingerprint density at radius 3 is 1.97 bits per heavy atom. The van der Waals surface area contributed by atoms with E-state index >= 15 is 0 Å². The van der Waals surface area contributed by atoms with Gasteiger partial charge in [0.1, 0.15) is 5.01 Å². The number of aromatic nitrogens is 2. The Balaban J connectivity index is 1.38. The van der Waals surface area contributed by atoms with E-state index < -0.39 is 0 Å². The Kier molecular flexibility index (Phi) is 4.33. The van der Waals surface area contributed by atoms with Crippen LogP contribution in [0.4, 0.5) is 0 Å². The van der Waals surface area contributed by atoms with Gasteiger partial charge in [0.2, 0.25) is 0 Å². The summed E-state index contributed by atoms with van der Waals surface area (Å²) >= 11 is 1.45. The van der Waals surface area contributed by atoms with Crippen LogP contribution in [0.2, 0.25) is 0 Å². The third-order valence-corrected chi connectivity index (χ3v) is 6.37. The summed E-state index contributed by atoms with van der Waals surface area (Å²) in [6.45, 7) is 0. The smallest absolute Gasteiger partial charge is 0.173 e. The predicted octanol–water partition coefficient (Wildman–Crippen LogP) is 7.85. The molecule has 0 saturated carbocycles. The normalized spacial score (nSPS) is 11.2. The standard InChI is InChI=1S/C28H18N2S/c1-2-7-19(8-3-1)20-11-6-12-25(16-20)28-29-27(30-31-28)24-14-13-23-15-21-9-4-5-10-22(21)17-26(23)18-24/h1-18H. The van der Waals surface area contributed by atoms with E-state index in [2.05, 4.69) is 108 Å². The molecule has 0 bridgehead atoms. The summed E-state index contributed by atoms with van der Waals surface area (Å²) in [4.78, 5) is 4.86. The fourth-order valence-corrected chi connectivity index (χ4v) is 4.68. The molecule has 0 aliphatic rings. The lowest BCUT2D eigenvalue weighted by Crippen LogP contribution is -1.84. The SMILES string of the molecule is c1ccc(-c2cccc(-c3nc(-c4ccc5cc6ccccc6cc5c4)ns3)c2)cc1. The van der Waals surface area contributed by atoms with Crippen molar-refractivity contribution >= 4 is 33.1 Å². The van der Waals surface area contributed by atoms with Gasteiger partial charge in [0.05, 0.1) is 0 Å². The van der Waals surface area contributed by atoms with Crippen molar-refractivity contribution in [1.82, 2.24) is 9.36 Å². The molecule has 146 valence electrons. The Hall–Kier alpha value is -3.82. The maximum Gasteiger partial charge on any atom is 0.173 e. The van der Waals surface area contributed by atoms with Crippen LogP contribution in [0.1, 0.15) is 0 Å². The molecule has 0 unspecified atom stereocenters. The van der Waals surface area contributed by atoms with Gasteiger partial charge in [-0.1, -0.05) is 84.9 Å². The summed E-state index contributed by atoms with van der Waals surface area (Å²) in [6, 6.07) is 38.3. The first-order valence-corrected chi connectivity index (χ1v) is 11.0. The lowest BCUT2D eigenvalue weighted by Gasteiger charge is -2.04. The molecule has 2 nitrogen and oxygen atoms in total. The van der Waals surface area contributed by atoms with Crippen molar-refractivity contribution in [2.24, 2.45) is 0 Å². The lowest BCUT2D eigenvalue weighted by molar-refractivity contribution is 1.33. The highest BCUT2D eigenvalue weighted by Crippen LogP contribution is 2.31. The fourth-order valence-electron chi connectivity index (χ4n) is 4.00. The highest BCUT2D eigenvalue weighted by molar-refractivity contribution is 7.09. The second-order valence-electron chi connectivity index (χ2n) is 7.63. The lowest BCUT2D eigenvalue weighted by atomic mass is 10.0. The van der Waals surface area contributed by atoms with Gasteiger partial charge in [0.15, 0.2) is 5.82 Å². The zero-order valence-corrected chi connectivity index (χ0v) is 17.5. The highest BCUT2D eigenvalue weighted by atomic mass is 32.1. The average Bonchev–Trinajstić information content (AvgIpc) is 3.33. The number of rotatable bonds is 3. The van der Waals surface area contributed by atoms with E-state index in [9.17, 15) is 0 Å². The molecule has 0 N–H and O–H groups in total. The van der Waals surface area contributed by atoms with Crippen LogP contribution in [0, 0.1) is 0 Å². The number of hydrogen-bond donors (Lipinski definition) is 0. The van der Waals surface area contributed by atoms with Crippen molar-refractivity contribution in [3.05, 3.63) is 109 Å². The molecule has 0 saturated heterocycles. The predicted molar refractivity (Wildman–Crippen MR) is 131 cm³/mol. The van der Waals surface area contributed by atoms with Gasteiger partial charge in [-0.25, -0.2) is 4.98 Å². The summed E-state index contributed by atoms with van der Waals surface area (Å²) in [5.41, 5.74) is 4.53. The van der Waals surface area contributed by atoms with Crippen LogP contribution in [0.5, 0.6) is 0 Å². The highest BCUT2D eigenvalue weighted by Gasteiger charge is 2.10. The molecule has 0 amide bonds. The van der Waals surface area contributed by atoms with Gasteiger partial charge >= 0.3 is 0 Å². The van der Waals surface area contributed by atoms with Gasteiger partial charge in [0.25, 0.3) is 0 Å². The zero-order valence-electron chi connectivity index (χ0n) is 16.7. The first kappa shape index (κ1) is 18.0. The Morgan fingerprint density at radius 2 is 1.13 bits per heavy atom. The molecular formula is C28H18N2S. The molecule has 6 rings (SSSR count). The van der Waals surface area contributed by atoms with Gasteiger partial charge in [-0.2, -0.15) is 4.37 Å². The van der Waals surface area contributed by atoms with Crippen molar-refractivity contribution in [3.63, 3.8) is 0 Å². The first-order chi connectivity index (χ1) is 15.3. The van der Waals surface area contributed by atoms with Crippen molar-refractivity contribution in [1.29, 1.82) is 0 Å². The summed E-state index contributed by atoms with van der Waals surface area (Å²) in [7, 11) is 0. The van der Waals surface area contributed by atoms with Gasteiger partial charge in [-0.05, 0) is 68.5 Å². The molecule has 0 aliphatic heterocycles. The minimum atomic E-state index is 0.778. The van der Waals surface area contributed by atoms with Crippen LogP contribution in [0.25, 0.3) is 54.6 Å². The monoisotopic (exact) mass is 414 g/mol.